The molecule has 47 heavy (non-hydrogen) atoms. The lowest BCUT2D eigenvalue weighted by atomic mass is 9.90. The zero-order valence-electron chi connectivity index (χ0n) is 25.6. The maximum atomic E-state index is 13.7. The summed E-state index contributed by atoms with van der Waals surface area (Å²) in [5.74, 6) is 0.419. The van der Waals surface area contributed by atoms with Crippen molar-refractivity contribution in [1.82, 2.24) is 24.8 Å². The van der Waals surface area contributed by atoms with Gasteiger partial charge in [-0.25, -0.2) is 14.8 Å². The summed E-state index contributed by atoms with van der Waals surface area (Å²) in [7, 11) is 1.70. The summed E-state index contributed by atoms with van der Waals surface area (Å²) < 4.78 is 1.50. The second kappa shape index (κ2) is 14.1. The van der Waals surface area contributed by atoms with Crippen molar-refractivity contribution in [2.45, 2.75) is 44.3 Å². The van der Waals surface area contributed by atoms with Crippen LogP contribution in [-0.4, -0.2) is 37.6 Å². The van der Waals surface area contributed by atoms with E-state index in [2.05, 4.69) is 37.7 Å². The Morgan fingerprint density at radius 1 is 1.00 bits per heavy atom. The topological polar surface area (TPSA) is 153 Å². The lowest BCUT2D eigenvalue weighted by molar-refractivity contribution is 0.240. The molecule has 0 spiro atoms. The summed E-state index contributed by atoms with van der Waals surface area (Å²) in [6.45, 7) is 0.393. The van der Waals surface area contributed by atoms with Crippen LogP contribution in [0, 0.1) is 22.7 Å². The fraction of sp³-hybridized carbons (Fsp3) is 0.229. The normalized spacial score (nSPS) is 15.6. The third-order valence-corrected chi connectivity index (χ3v) is 9.18. The van der Waals surface area contributed by atoms with Crippen LogP contribution in [0.25, 0.3) is 21.8 Å². The SMILES string of the molecule is Cn1ccc(-c2ccc(N(C(=O)NCc3ccccc3)[C@H]3CC[C@H](Nc4ncc(C#N)c(-c5ccc(C#N)s5)n4)CC3)cn2)cc1=O. The Morgan fingerprint density at radius 3 is 2.49 bits per heavy atom. The van der Waals surface area contributed by atoms with Crippen LogP contribution in [0.4, 0.5) is 16.4 Å². The Bertz CT molecular complexity index is 2020. The number of amides is 2. The maximum absolute atomic E-state index is 13.7. The first kappa shape index (κ1) is 31.1. The molecule has 2 N–H and O–H groups in total. The number of carbonyl (C=O) groups is 1. The second-order valence-corrected chi connectivity index (χ2v) is 12.4. The second-order valence-electron chi connectivity index (χ2n) is 11.3. The lowest BCUT2D eigenvalue weighted by Crippen LogP contribution is -2.48. The van der Waals surface area contributed by atoms with E-state index in [9.17, 15) is 20.1 Å². The average molecular weight is 642 g/mol. The molecule has 5 aromatic rings. The Labute approximate surface area is 275 Å². The summed E-state index contributed by atoms with van der Waals surface area (Å²) in [5, 5.41) is 25.3. The quantitative estimate of drug-likeness (QED) is 0.214. The molecular weight excluding hydrogens is 611 g/mol. The van der Waals surface area contributed by atoms with Crippen molar-refractivity contribution in [3.05, 3.63) is 112 Å². The molecule has 4 aromatic heterocycles. The summed E-state index contributed by atoms with van der Waals surface area (Å²) in [6.07, 6.45) is 7.89. The molecular formula is C35H31N9O2S. The predicted molar refractivity (Wildman–Crippen MR) is 181 cm³/mol. The molecule has 1 aliphatic rings. The highest BCUT2D eigenvalue weighted by Crippen LogP contribution is 2.32. The number of thiophene rings is 1. The monoisotopic (exact) mass is 641 g/mol. The molecule has 2 amide bonds. The van der Waals surface area contributed by atoms with E-state index in [1.54, 1.807) is 42.5 Å². The molecule has 234 valence electrons. The van der Waals surface area contributed by atoms with Gasteiger partial charge in [0.2, 0.25) is 5.95 Å². The standard InChI is InChI=1S/C35H31N9O2S/c1-43-16-15-24(17-32(43)45)30-13-11-28(22-38-30)44(35(46)40-20-23-5-3-2-4-6-23)27-9-7-26(8-10-27)41-34-39-21-25(18-36)33(42-34)31-14-12-29(19-37)47-31/h2-6,11-17,21-22,26-27H,7-10,20H2,1H3,(H,40,46)(H,39,41,42)/t26-,27-. The van der Waals surface area contributed by atoms with Gasteiger partial charge in [-0.15, -0.1) is 11.3 Å². The molecule has 1 fully saturated rings. The smallest absolute Gasteiger partial charge is 0.322 e. The Balaban J connectivity index is 1.18. The Hall–Kier alpha value is -5.85. The third kappa shape index (κ3) is 7.19. The molecule has 0 aliphatic heterocycles. The van der Waals surface area contributed by atoms with E-state index < -0.39 is 0 Å². The van der Waals surface area contributed by atoms with Crippen molar-refractivity contribution in [3.63, 3.8) is 0 Å². The van der Waals surface area contributed by atoms with Crippen LogP contribution in [0.3, 0.4) is 0 Å². The number of rotatable bonds is 8. The van der Waals surface area contributed by atoms with E-state index in [0.717, 1.165) is 36.1 Å². The predicted octanol–water partition coefficient (Wildman–Crippen LogP) is 5.85. The fourth-order valence-electron chi connectivity index (χ4n) is 5.67. The van der Waals surface area contributed by atoms with Crippen LogP contribution in [0.2, 0.25) is 0 Å². The van der Waals surface area contributed by atoms with Gasteiger partial charge < -0.3 is 15.2 Å². The van der Waals surface area contributed by atoms with Crippen LogP contribution >= 0.6 is 11.3 Å². The van der Waals surface area contributed by atoms with Crippen molar-refractivity contribution in [2.75, 3.05) is 10.2 Å². The summed E-state index contributed by atoms with van der Waals surface area (Å²) in [5.41, 5.74) is 3.76. The Kier molecular flexibility index (Phi) is 9.32. The van der Waals surface area contributed by atoms with Crippen molar-refractivity contribution in [1.29, 1.82) is 10.5 Å². The fourth-order valence-corrected chi connectivity index (χ4v) is 6.47. The molecule has 6 rings (SSSR count). The third-order valence-electron chi connectivity index (χ3n) is 8.19. The number of urea groups is 1. The number of anilines is 2. The number of hydrogen-bond acceptors (Lipinski definition) is 9. The average Bonchev–Trinajstić information content (AvgIpc) is 3.60. The van der Waals surface area contributed by atoms with E-state index in [1.807, 2.05) is 48.5 Å². The van der Waals surface area contributed by atoms with Crippen LogP contribution in [0.1, 0.15) is 41.7 Å². The van der Waals surface area contributed by atoms with Gasteiger partial charge in [0.1, 0.15) is 22.7 Å². The number of benzene rings is 1. The number of hydrogen-bond donors (Lipinski definition) is 2. The number of nitrogens with zero attached hydrogens (tertiary/aromatic N) is 7. The van der Waals surface area contributed by atoms with Gasteiger partial charge in [-0.05, 0) is 61.6 Å². The van der Waals surface area contributed by atoms with Gasteiger partial charge >= 0.3 is 6.03 Å². The van der Waals surface area contributed by atoms with E-state index >= 15 is 0 Å². The van der Waals surface area contributed by atoms with Crippen molar-refractivity contribution < 1.29 is 4.79 Å². The summed E-state index contributed by atoms with van der Waals surface area (Å²) in [4.78, 5) is 42.6. The van der Waals surface area contributed by atoms with Gasteiger partial charge in [0, 0.05) is 43.5 Å². The molecule has 1 aromatic carbocycles. The van der Waals surface area contributed by atoms with Gasteiger partial charge in [0.15, 0.2) is 0 Å². The van der Waals surface area contributed by atoms with Crippen molar-refractivity contribution in [3.8, 4) is 34.0 Å². The van der Waals surface area contributed by atoms with Gasteiger partial charge in [0.05, 0.1) is 34.2 Å². The minimum absolute atomic E-state index is 0.0699. The first-order valence-corrected chi connectivity index (χ1v) is 16.0. The van der Waals surface area contributed by atoms with E-state index in [1.165, 1.54) is 22.1 Å². The van der Waals surface area contributed by atoms with E-state index in [0.29, 0.717) is 45.6 Å². The number of aromatic nitrogens is 4. The molecule has 1 aliphatic carbocycles. The number of nitrogens with one attached hydrogen (secondary N) is 2. The zero-order chi connectivity index (χ0) is 32.8. The van der Waals surface area contributed by atoms with Crippen molar-refractivity contribution in [2.24, 2.45) is 7.05 Å². The van der Waals surface area contributed by atoms with Gasteiger partial charge in [-0.3, -0.25) is 14.7 Å². The van der Waals surface area contributed by atoms with E-state index in [4.69, 9.17) is 0 Å². The van der Waals surface area contributed by atoms with E-state index in [-0.39, 0.29) is 23.7 Å². The molecule has 12 heteroatoms. The highest BCUT2D eigenvalue weighted by molar-refractivity contribution is 7.16. The number of nitriles is 2. The molecule has 0 unspecified atom stereocenters. The maximum Gasteiger partial charge on any atom is 0.322 e. The molecule has 1 saturated carbocycles. The summed E-state index contributed by atoms with van der Waals surface area (Å²) >= 11 is 1.28. The first-order valence-electron chi connectivity index (χ1n) is 15.2. The van der Waals surface area contributed by atoms with Gasteiger partial charge in [-0.1, -0.05) is 30.3 Å². The highest BCUT2D eigenvalue weighted by Gasteiger charge is 2.31. The van der Waals surface area contributed by atoms with Crippen molar-refractivity contribution >= 4 is 29.0 Å². The first-order chi connectivity index (χ1) is 22.9. The lowest BCUT2D eigenvalue weighted by Gasteiger charge is -2.37. The largest absolute Gasteiger partial charge is 0.351 e. The molecule has 11 nitrogen and oxygen atoms in total. The number of pyridine rings is 2. The Morgan fingerprint density at radius 2 is 1.81 bits per heavy atom. The highest BCUT2D eigenvalue weighted by atomic mass is 32.1. The molecule has 0 radical (unpaired) electrons. The molecule has 0 saturated heterocycles. The summed E-state index contributed by atoms with van der Waals surface area (Å²) in [6, 6.07) is 24.4. The number of aryl methyl sites for hydroxylation is 1. The van der Waals surface area contributed by atoms with Crippen LogP contribution in [0.5, 0.6) is 0 Å². The minimum Gasteiger partial charge on any atom is -0.351 e. The molecule has 0 bridgehead atoms. The van der Waals surface area contributed by atoms with Gasteiger partial charge in [0.25, 0.3) is 5.56 Å². The van der Waals surface area contributed by atoms with Crippen LogP contribution < -0.4 is 21.1 Å². The minimum atomic E-state index is -0.207. The zero-order valence-corrected chi connectivity index (χ0v) is 26.4. The van der Waals surface area contributed by atoms with Crippen LogP contribution in [0.15, 0.2) is 90.1 Å². The van der Waals surface area contributed by atoms with Crippen LogP contribution in [-0.2, 0) is 13.6 Å². The van der Waals surface area contributed by atoms with Gasteiger partial charge in [-0.2, -0.15) is 10.5 Å². The number of carbonyl (C=O) groups excluding carboxylic acids is 1. The molecule has 0 atom stereocenters. The molecule has 4 heterocycles.